The molecule has 2 heteroatoms. The number of hydrogen-bond acceptors (Lipinski definition) is 2. The molecule has 0 saturated heterocycles. The Morgan fingerprint density at radius 1 is 1.17 bits per heavy atom. The lowest BCUT2D eigenvalue weighted by Crippen LogP contribution is -2.21. The van der Waals surface area contributed by atoms with Gasteiger partial charge in [-0.05, 0) is 49.3 Å². The molecule has 1 aromatic rings. The molecule has 1 aromatic carbocycles. The average Bonchev–Trinajstić information content (AvgIpc) is 2.39. The Balaban J connectivity index is 2.51. The van der Waals surface area contributed by atoms with Gasteiger partial charge < -0.3 is 5.32 Å². The summed E-state index contributed by atoms with van der Waals surface area (Å²) in [5, 5.41) is 3.50. The predicted molar refractivity (Wildman–Crippen MR) is 84.7 cm³/mol. The highest BCUT2D eigenvalue weighted by molar-refractivity contribution is 7.99. The number of nitrogens with one attached hydrogen (secondary N) is 1. The van der Waals surface area contributed by atoms with Gasteiger partial charge in [0.15, 0.2) is 0 Å². The summed E-state index contributed by atoms with van der Waals surface area (Å²) in [4.78, 5) is 0. The molecule has 0 fully saturated rings. The molecule has 0 bridgehead atoms. The summed E-state index contributed by atoms with van der Waals surface area (Å²) < 4.78 is 0. The van der Waals surface area contributed by atoms with Gasteiger partial charge in [0.05, 0.1) is 0 Å². The lowest BCUT2D eigenvalue weighted by atomic mass is 9.94. The first kappa shape index (κ1) is 15.6. The smallest absolute Gasteiger partial charge is 0.00200 e. The fourth-order valence-electron chi connectivity index (χ4n) is 2.12. The number of hydrogen-bond donors (Lipinski definition) is 1. The number of aryl methyl sites for hydroxylation is 1. The molecule has 1 nitrogen and oxygen atoms in total. The molecule has 18 heavy (non-hydrogen) atoms. The number of rotatable bonds is 9. The fourth-order valence-corrected chi connectivity index (χ4v) is 2.78. The molecule has 0 radical (unpaired) electrons. The van der Waals surface area contributed by atoms with Crippen LogP contribution in [0.4, 0.5) is 0 Å². The van der Waals surface area contributed by atoms with Crippen LogP contribution in [-0.4, -0.2) is 24.6 Å². The van der Waals surface area contributed by atoms with Crippen molar-refractivity contribution in [3.05, 3.63) is 35.4 Å². The van der Waals surface area contributed by atoms with Gasteiger partial charge in [-0.1, -0.05) is 43.7 Å². The monoisotopic (exact) mass is 265 g/mol. The van der Waals surface area contributed by atoms with Gasteiger partial charge >= 0.3 is 0 Å². The van der Waals surface area contributed by atoms with Crippen LogP contribution in [0.25, 0.3) is 0 Å². The zero-order chi connectivity index (χ0) is 13.2. The molecule has 102 valence electrons. The molecule has 0 saturated carbocycles. The zero-order valence-corrected chi connectivity index (χ0v) is 12.9. The fraction of sp³-hybridized carbons (Fsp3) is 0.625. The molecule has 0 aliphatic carbocycles. The van der Waals surface area contributed by atoms with Crippen molar-refractivity contribution in [3.63, 3.8) is 0 Å². The van der Waals surface area contributed by atoms with E-state index in [9.17, 15) is 0 Å². The highest BCUT2D eigenvalue weighted by Gasteiger charge is 2.10. The Morgan fingerprint density at radius 2 is 1.89 bits per heavy atom. The second-order valence-electron chi connectivity index (χ2n) is 4.75. The molecule has 1 rings (SSSR count). The standard InChI is InChI=1S/C16H27NS/c1-4-17-13-16(7-6-12-18-5-2)15-10-8-14(3)9-11-15/h8-11,16-17H,4-7,12-13H2,1-3H3. The van der Waals surface area contributed by atoms with Crippen molar-refractivity contribution in [2.24, 2.45) is 0 Å². The Hall–Kier alpha value is -0.470. The summed E-state index contributed by atoms with van der Waals surface area (Å²) in [5.74, 6) is 3.20. The van der Waals surface area contributed by atoms with E-state index in [1.165, 1.54) is 35.5 Å². The van der Waals surface area contributed by atoms with E-state index in [1.54, 1.807) is 0 Å². The number of likely N-dealkylation sites (N-methyl/N-ethyl adjacent to an activating group) is 1. The third-order valence-corrected chi connectivity index (χ3v) is 4.22. The Labute approximate surface area is 117 Å². The van der Waals surface area contributed by atoms with Gasteiger partial charge in [0.2, 0.25) is 0 Å². The van der Waals surface area contributed by atoms with Gasteiger partial charge in [0, 0.05) is 6.54 Å². The van der Waals surface area contributed by atoms with Gasteiger partial charge in [-0.25, -0.2) is 0 Å². The first-order chi connectivity index (χ1) is 8.77. The van der Waals surface area contributed by atoms with E-state index in [0.29, 0.717) is 5.92 Å². The second-order valence-corrected chi connectivity index (χ2v) is 6.15. The van der Waals surface area contributed by atoms with Crippen LogP contribution in [0.2, 0.25) is 0 Å². The molecule has 0 aliphatic heterocycles. The molecular formula is C16H27NS. The summed E-state index contributed by atoms with van der Waals surface area (Å²) in [5.41, 5.74) is 2.84. The van der Waals surface area contributed by atoms with E-state index in [2.05, 4.69) is 62.1 Å². The molecule has 0 heterocycles. The van der Waals surface area contributed by atoms with Gasteiger partial charge in [0.25, 0.3) is 0 Å². The van der Waals surface area contributed by atoms with E-state index in [0.717, 1.165) is 13.1 Å². The first-order valence-electron chi connectivity index (χ1n) is 7.13. The second kappa shape index (κ2) is 9.46. The number of thioether (sulfide) groups is 1. The first-order valence-corrected chi connectivity index (χ1v) is 8.28. The predicted octanol–water partition coefficient (Wildman–Crippen LogP) is 4.22. The van der Waals surface area contributed by atoms with E-state index in [-0.39, 0.29) is 0 Å². The summed E-state index contributed by atoms with van der Waals surface area (Å²) >= 11 is 2.05. The Kier molecular flexibility index (Phi) is 8.19. The van der Waals surface area contributed by atoms with E-state index >= 15 is 0 Å². The Bertz CT molecular complexity index is 307. The van der Waals surface area contributed by atoms with Gasteiger partial charge in [-0.15, -0.1) is 0 Å². The molecule has 1 atom stereocenters. The topological polar surface area (TPSA) is 12.0 Å². The van der Waals surface area contributed by atoms with E-state index in [1.807, 2.05) is 0 Å². The van der Waals surface area contributed by atoms with Crippen LogP contribution in [0.3, 0.4) is 0 Å². The Morgan fingerprint density at radius 3 is 2.50 bits per heavy atom. The summed E-state index contributed by atoms with van der Waals surface area (Å²) in [6.07, 6.45) is 2.62. The molecular weight excluding hydrogens is 238 g/mol. The molecule has 0 aliphatic rings. The van der Waals surface area contributed by atoms with E-state index < -0.39 is 0 Å². The van der Waals surface area contributed by atoms with Crippen LogP contribution in [-0.2, 0) is 0 Å². The maximum absolute atomic E-state index is 3.50. The minimum Gasteiger partial charge on any atom is -0.316 e. The van der Waals surface area contributed by atoms with E-state index in [4.69, 9.17) is 0 Å². The van der Waals surface area contributed by atoms with Crippen molar-refractivity contribution in [3.8, 4) is 0 Å². The maximum atomic E-state index is 3.50. The largest absolute Gasteiger partial charge is 0.316 e. The SMILES string of the molecule is CCNCC(CCCSCC)c1ccc(C)cc1. The molecule has 0 amide bonds. The summed E-state index contributed by atoms with van der Waals surface area (Å²) in [7, 11) is 0. The third kappa shape index (κ3) is 5.92. The minimum atomic E-state index is 0.669. The lowest BCUT2D eigenvalue weighted by molar-refractivity contribution is 0.557. The van der Waals surface area contributed by atoms with Gasteiger partial charge in [-0.3, -0.25) is 0 Å². The summed E-state index contributed by atoms with van der Waals surface area (Å²) in [6, 6.07) is 9.05. The molecule has 0 aromatic heterocycles. The van der Waals surface area contributed by atoms with Crippen LogP contribution in [0.15, 0.2) is 24.3 Å². The molecule has 1 unspecified atom stereocenters. The maximum Gasteiger partial charge on any atom is 0.00200 e. The quantitative estimate of drug-likeness (QED) is 0.671. The van der Waals surface area contributed by atoms with Gasteiger partial charge in [-0.2, -0.15) is 11.8 Å². The van der Waals surface area contributed by atoms with Crippen LogP contribution in [0.5, 0.6) is 0 Å². The van der Waals surface area contributed by atoms with Crippen molar-refractivity contribution < 1.29 is 0 Å². The zero-order valence-electron chi connectivity index (χ0n) is 12.0. The molecule has 0 spiro atoms. The van der Waals surface area contributed by atoms with Gasteiger partial charge in [0.1, 0.15) is 0 Å². The minimum absolute atomic E-state index is 0.669. The van der Waals surface area contributed by atoms with Crippen LogP contribution >= 0.6 is 11.8 Å². The van der Waals surface area contributed by atoms with Crippen LogP contribution in [0.1, 0.15) is 43.7 Å². The third-order valence-electron chi connectivity index (χ3n) is 3.23. The number of benzene rings is 1. The molecule has 1 N–H and O–H groups in total. The summed E-state index contributed by atoms with van der Waals surface area (Å²) in [6.45, 7) is 8.74. The van der Waals surface area contributed by atoms with Crippen molar-refractivity contribution in [2.75, 3.05) is 24.6 Å². The van der Waals surface area contributed by atoms with Crippen molar-refractivity contribution in [2.45, 2.75) is 39.5 Å². The van der Waals surface area contributed by atoms with Crippen LogP contribution in [0, 0.1) is 6.92 Å². The van der Waals surface area contributed by atoms with Crippen molar-refractivity contribution >= 4 is 11.8 Å². The van der Waals surface area contributed by atoms with Crippen LogP contribution < -0.4 is 5.32 Å². The highest BCUT2D eigenvalue weighted by Crippen LogP contribution is 2.22. The lowest BCUT2D eigenvalue weighted by Gasteiger charge is -2.18. The average molecular weight is 265 g/mol. The highest BCUT2D eigenvalue weighted by atomic mass is 32.2. The van der Waals surface area contributed by atoms with Crippen molar-refractivity contribution in [1.82, 2.24) is 5.32 Å². The normalized spacial score (nSPS) is 12.6. The van der Waals surface area contributed by atoms with Crippen molar-refractivity contribution in [1.29, 1.82) is 0 Å².